The fraction of sp³-hybridized carbons (Fsp3) is 0.222. The zero-order valence-corrected chi connectivity index (χ0v) is 7.67. The molecule has 1 aromatic carbocycles. The second kappa shape index (κ2) is 6.14. The molecule has 0 aliphatic heterocycles. The number of rotatable bonds is 1. The van der Waals surface area contributed by atoms with Crippen molar-refractivity contribution in [2.45, 2.75) is 13.8 Å². The second-order valence-electron chi connectivity index (χ2n) is 2.49. The van der Waals surface area contributed by atoms with Gasteiger partial charge in [-0.2, -0.15) is 0 Å². The lowest BCUT2D eigenvalue weighted by Gasteiger charge is -1.96. The van der Waals surface area contributed by atoms with Gasteiger partial charge in [-0.15, -0.1) is 0 Å². The topological polar surface area (TPSA) is 55.1 Å². The number of amides is 1. The van der Waals surface area contributed by atoms with E-state index < -0.39 is 0 Å². The monoisotopic (exact) mass is 184 g/mol. The minimum atomic E-state index is -0.0856. The Morgan fingerprint density at radius 3 is 2.00 bits per heavy atom. The number of halogens is 1. The highest BCUT2D eigenvalue weighted by Gasteiger charge is 1.96. The number of nitrogens with two attached hydrogens (primary N) is 1. The van der Waals surface area contributed by atoms with Gasteiger partial charge in [0.25, 0.3) is 0 Å². The summed E-state index contributed by atoms with van der Waals surface area (Å²) in [5.74, 6) is 4.32. The molecule has 0 unspecified atom stereocenters. The third-order valence-corrected chi connectivity index (χ3v) is 1.45. The fourth-order valence-corrected chi connectivity index (χ4v) is 0.794. The number of carbonyl (C=O) groups is 1. The van der Waals surface area contributed by atoms with Crippen molar-refractivity contribution in [1.29, 1.82) is 0 Å². The Kier molecular flexibility index (Phi) is 5.47. The number of hydrogen-bond donors (Lipinski definition) is 2. The van der Waals surface area contributed by atoms with Gasteiger partial charge in [-0.25, -0.2) is 10.2 Å². The lowest BCUT2D eigenvalue weighted by Crippen LogP contribution is -2.18. The average molecular weight is 184 g/mol. The van der Waals surface area contributed by atoms with E-state index in [9.17, 15) is 4.39 Å². The van der Waals surface area contributed by atoms with Crippen LogP contribution in [0.15, 0.2) is 18.2 Å². The first-order valence-electron chi connectivity index (χ1n) is 3.75. The summed E-state index contributed by atoms with van der Waals surface area (Å²) in [4.78, 5) is 8.94. The summed E-state index contributed by atoms with van der Waals surface area (Å²) in [6.07, 6.45) is 0.403. The SMILES string of the molecule is Cc1cccc(C)c1F.NNC=O. The second-order valence-corrected chi connectivity index (χ2v) is 2.49. The molecule has 72 valence electrons. The van der Waals surface area contributed by atoms with Gasteiger partial charge in [-0.3, -0.25) is 10.2 Å². The molecule has 0 saturated heterocycles. The van der Waals surface area contributed by atoms with Gasteiger partial charge in [0.15, 0.2) is 0 Å². The van der Waals surface area contributed by atoms with Crippen LogP contribution in [0, 0.1) is 19.7 Å². The van der Waals surface area contributed by atoms with E-state index >= 15 is 0 Å². The summed E-state index contributed by atoms with van der Waals surface area (Å²) >= 11 is 0. The van der Waals surface area contributed by atoms with Crippen molar-refractivity contribution >= 4 is 6.41 Å². The molecule has 4 heteroatoms. The van der Waals surface area contributed by atoms with Crippen molar-refractivity contribution in [2.75, 3.05) is 0 Å². The van der Waals surface area contributed by atoms with Crippen molar-refractivity contribution in [3.63, 3.8) is 0 Å². The predicted molar refractivity (Wildman–Crippen MR) is 49.3 cm³/mol. The molecule has 0 radical (unpaired) electrons. The number of carbonyl (C=O) groups excluding carboxylic acids is 1. The Balaban J connectivity index is 0.000000310. The normalized spacial score (nSPS) is 8.31. The maximum atomic E-state index is 12.7. The van der Waals surface area contributed by atoms with E-state index in [1.165, 1.54) is 0 Å². The third kappa shape index (κ3) is 4.22. The summed E-state index contributed by atoms with van der Waals surface area (Å²) < 4.78 is 12.7. The molecule has 13 heavy (non-hydrogen) atoms. The smallest absolute Gasteiger partial charge is 0.221 e. The van der Waals surface area contributed by atoms with Gasteiger partial charge >= 0.3 is 0 Å². The molecule has 3 nitrogen and oxygen atoms in total. The van der Waals surface area contributed by atoms with Crippen LogP contribution in [0.2, 0.25) is 0 Å². The number of hydrazine groups is 1. The average Bonchev–Trinajstić information content (AvgIpc) is 2.14. The summed E-state index contributed by atoms with van der Waals surface area (Å²) in [6.45, 7) is 3.53. The summed E-state index contributed by atoms with van der Waals surface area (Å²) in [6, 6.07) is 5.39. The molecule has 0 spiro atoms. The Morgan fingerprint density at radius 1 is 1.38 bits per heavy atom. The van der Waals surface area contributed by atoms with Gasteiger partial charge in [-0.1, -0.05) is 18.2 Å². The largest absolute Gasteiger partial charge is 0.297 e. The molecule has 0 aliphatic carbocycles. The van der Waals surface area contributed by atoms with E-state index in [0.29, 0.717) is 6.41 Å². The van der Waals surface area contributed by atoms with Gasteiger partial charge in [0.05, 0.1) is 0 Å². The van der Waals surface area contributed by atoms with E-state index in [2.05, 4.69) is 5.84 Å². The van der Waals surface area contributed by atoms with Crippen molar-refractivity contribution in [1.82, 2.24) is 5.43 Å². The molecule has 1 aromatic rings. The zero-order chi connectivity index (χ0) is 10.3. The Hall–Kier alpha value is -1.42. The minimum Gasteiger partial charge on any atom is -0.297 e. The van der Waals surface area contributed by atoms with E-state index in [1.807, 2.05) is 6.07 Å². The highest BCUT2D eigenvalue weighted by molar-refractivity contribution is 5.44. The fourth-order valence-electron chi connectivity index (χ4n) is 0.794. The predicted octanol–water partition coefficient (Wildman–Crippen LogP) is 1.05. The number of hydrogen-bond acceptors (Lipinski definition) is 2. The maximum absolute atomic E-state index is 12.7. The van der Waals surface area contributed by atoms with Gasteiger partial charge in [0.1, 0.15) is 5.82 Å². The Bertz CT molecular complexity index is 256. The Morgan fingerprint density at radius 2 is 1.77 bits per heavy atom. The van der Waals surface area contributed by atoms with Crippen molar-refractivity contribution in [3.8, 4) is 0 Å². The molecule has 1 rings (SSSR count). The molecule has 0 bridgehead atoms. The van der Waals surface area contributed by atoms with Gasteiger partial charge in [0.2, 0.25) is 6.41 Å². The van der Waals surface area contributed by atoms with Crippen LogP contribution < -0.4 is 11.3 Å². The molecule has 1 amide bonds. The number of nitrogens with one attached hydrogen (secondary N) is 1. The van der Waals surface area contributed by atoms with Crippen LogP contribution in [0.5, 0.6) is 0 Å². The quantitative estimate of drug-likeness (QED) is 0.296. The minimum absolute atomic E-state index is 0.0856. The van der Waals surface area contributed by atoms with Crippen LogP contribution in [-0.4, -0.2) is 6.41 Å². The van der Waals surface area contributed by atoms with E-state index in [-0.39, 0.29) is 5.82 Å². The van der Waals surface area contributed by atoms with Gasteiger partial charge in [-0.05, 0) is 25.0 Å². The van der Waals surface area contributed by atoms with E-state index in [1.54, 1.807) is 31.4 Å². The van der Waals surface area contributed by atoms with Gasteiger partial charge < -0.3 is 0 Å². The molecule has 0 fully saturated rings. The highest BCUT2D eigenvalue weighted by Crippen LogP contribution is 2.09. The molecular weight excluding hydrogens is 171 g/mol. The third-order valence-electron chi connectivity index (χ3n) is 1.45. The van der Waals surface area contributed by atoms with Crippen LogP contribution in [-0.2, 0) is 4.79 Å². The van der Waals surface area contributed by atoms with Crippen LogP contribution in [0.4, 0.5) is 4.39 Å². The summed E-state index contributed by atoms with van der Waals surface area (Å²) in [7, 11) is 0. The molecule has 0 aromatic heterocycles. The molecule has 0 aliphatic rings. The molecule has 0 saturated carbocycles. The Labute approximate surface area is 76.7 Å². The molecule has 0 heterocycles. The van der Waals surface area contributed by atoms with Gasteiger partial charge in [0, 0.05) is 0 Å². The molecular formula is C9H13FN2O. The first kappa shape index (κ1) is 11.6. The number of aryl methyl sites for hydroxylation is 2. The van der Waals surface area contributed by atoms with Crippen LogP contribution >= 0.6 is 0 Å². The molecule has 0 atom stereocenters. The van der Waals surface area contributed by atoms with Crippen molar-refractivity contribution < 1.29 is 9.18 Å². The zero-order valence-electron chi connectivity index (χ0n) is 7.67. The van der Waals surface area contributed by atoms with Crippen molar-refractivity contribution in [2.24, 2.45) is 5.84 Å². The highest BCUT2D eigenvalue weighted by atomic mass is 19.1. The first-order chi connectivity index (χ1) is 6.13. The lowest BCUT2D eigenvalue weighted by molar-refractivity contribution is -0.109. The summed E-state index contributed by atoms with van der Waals surface area (Å²) in [5.41, 5.74) is 3.19. The number of benzene rings is 1. The van der Waals surface area contributed by atoms with E-state index in [4.69, 9.17) is 4.79 Å². The maximum Gasteiger partial charge on any atom is 0.221 e. The first-order valence-corrected chi connectivity index (χ1v) is 3.75. The van der Waals surface area contributed by atoms with Crippen LogP contribution in [0.1, 0.15) is 11.1 Å². The van der Waals surface area contributed by atoms with E-state index in [0.717, 1.165) is 11.1 Å². The standard InChI is InChI=1S/C8H9F.CH4N2O/c1-6-4-3-5-7(2)8(6)9;2-3-1-4/h3-5H,1-2H3;1H,2H2,(H,3,4). The summed E-state index contributed by atoms with van der Waals surface area (Å²) in [5, 5.41) is 0. The van der Waals surface area contributed by atoms with Crippen LogP contribution in [0.25, 0.3) is 0 Å². The van der Waals surface area contributed by atoms with Crippen LogP contribution in [0.3, 0.4) is 0 Å². The lowest BCUT2D eigenvalue weighted by atomic mass is 10.1. The molecule has 3 N–H and O–H groups in total. The van der Waals surface area contributed by atoms with Crippen molar-refractivity contribution in [3.05, 3.63) is 35.1 Å².